The highest BCUT2D eigenvalue weighted by Crippen LogP contribution is 2.51. The van der Waals surface area contributed by atoms with Crippen LogP contribution in [0.4, 0.5) is 0 Å². The van der Waals surface area contributed by atoms with Crippen LogP contribution in [-0.2, 0) is 5.41 Å². The summed E-state index contributed by atoms with van der Waals surface area (Å²) in [4.78, 5) is 11.9. The van der Waals surface area contributed by atoms with Gasteiger partial charge in [-0.1, -0.05) is 23.7 Å². The standard InChI is InChI=1S/C12H12ClNO/c13-9-3-1-2-8-10(15)6-14-7-12(4-5-12)11(8)9/h1-3,14H,4-7H2. The van der Waals surface area contributed by atoms with Gasteiger partial charge in [-0.05, 0) is 24.5 Å². The number of carbonyl (C=O) groups excluding carboxylic acids is 1. The fraction of sp³-hybridized carbons (Fsp3) is 0.417. The molecule has 0 atom stereocenters. The molecular formula is C12H12ClNO. The molecule has 1 N–H and O–H groups in total. The van der Waals surface area contributed by atoms with E-state index in [0.29, 0.717) is 6.54 Å². The van der Waals surface area contributed by atoms with Gasteiger partial charge < -0.3 is 5.32 Å². The molecule has 1 aliphatic carbocycles. The van der Waals surface area contributed by atoms with E-state index < -0.39 is 0 Å². The van der Waals surface area contributed by atoms with E-state index in [9.17, 15) is 4.79 Å². The summed E-state index contributed by atoms with van der Waals surface area (Å²) in [6.07, 6.45) is 2.29. The van der Waals surface area contributed by atoms with Crippen molar-refractivity contribution in [3.63, 3.8) is 0 Å². The topological polar surface area (TPSA) is 29.1 Å². The van der Waals surface area contributed by atoms with Gasteiger partial charge in [0.25, 0.3) is 0 Å². The van der Waals surface area contributed by atoms with Crippen LogP contribution in [0.3, 0.4) is 0 Å². The number of nitrogens with one attached hydrogen (secondary N) is 1. The average molecular weight is 222 g/mol. The number of carbonyl (C=O) groups is 1. The Balaban J connectivity index is 2.24. The maximum atomic E-state index is 11.9. The van der Waals surface area contributed by atoms with Crippen molar-refractivity contribution in [2.45, 2.75) is 18.3 Å². The number of halogens is 1. The summed E-state index contributed by atoms with van der Waals surface area (Å²) >= 11 is 6.22. The lowest BCUT2D eigenvalue weighted by Crippen LogP contribution is -2.26. The summed E-state index contributed by atoms with van der Waals surface area (Å²) in [6, 6.07) is 5.65. The van der Waals surface area contributed by atoms with E-state index in [1.807, 2.05) is 18.2 Å². The second kappa shape index (κ2) is 3.06. The molecular weight excluding hydrogens is 210 g/mol. The van der Waals surface area contributed by atoms with Crippen molar-refractivity contribution in [3.05, 3.63) is 34.3 Å². The minimum Gasteiger partial charge on any atom is -0.309 e. The van der Waals surface area contributed by atoms with E-state index >= 15 is 0 Å². The lowest BCUT2D eigenvalue weighted by atomic mass is 9.91. The van der Waals surface area contributed by atoms with Gasteiger partial charge >= 0.3 is 0 Å². The molecule has 0 bridgehead atoms. The van der Waals surface area contributed by atoms with Gasteiger partial charge in [-0.15, -0.1) is 0 Å². The van der Waals surface area contributed by atoms with Crippen molar-refractivity contribution in [2.24, 2.45) is 0 Å². The molecule has 78 valence electrons. The summed E-state index contributed by atoms with van der Waals surface area (Å²) in [5, 5.41) is 3.97. The van der Waals surface area contributed by atoms with Crippen LogP contribution < -0.4 is 5.32 Å². The van der Waals surface area contributed by atoms with E-state index in [-0.39, 0.29) is 11.2 Å². The first-order valence-electron chi connectivity index (χ1n) is 5.26. The quantitative estimate of drug-likeness (QED) is 0.728. The van der Waals surface area contributed by atoms with Crippen LogP contribution in [0.15, 0.2) is 18.2 Å². The Morgan fingerprint density at radius 3 is 2.87 bits per heavy atom. The van der Waals surface area contributed by atoms with E-state index in [1.54, 1.807) is 0 Å². The summed E-state index contributed by atoms with van der Waals surface area (Å²) in [5.74, 6) is 0.163. The Morgan fingerprint density at radius 2 is 2.13 bits per heavy atom. The minimum atomic E-state index is 0.153. The lowest BCUT2D eigenvalue weighted by molar-refractivity contribution is 0.0994. The van der Waals surface area contributed by atoms with Crippen molar-refractivity contribution in [3.8, 4) is 0 Å². The Kier molecular flexibility index (Phi) is 1.91. The first-order chi connectivity index (χ1) is 7.23. The second-order valence-corrected chi connectivity index (χ2v) is 4.88. The molecule has 1 saturated carbocycles. The molecule has 3 rings (SSSR count). The number of benzene rings is 1. The lowest BCUT2D eigenvalue weighted by Gasteiger charge is -2.16. The van der Waals surface area contributed by atoms with Gasteiger partial charge in [0.05, 0.1) is 6.54 Å². The molecule has 0 aromatic heterocycles. The zero-order chi connectivity index (χ0) is 10.5. The van der Waals surface area contributed by atoms with Gasteiger partial charge in [0.1, 0.15) is 0 Å². The van der Waals surface area contributed by atoms with E-state index in [0.717, 1.165) is 35.5 Å². The number of Topliss-reactive ketones (excluding diaryl/α,β-unsaturated/α-hetero) is 1. The van der Waals surface area contributed by atoms with E-state index in [4.69, 9.17) is 11.6 Å². The molecule has 0 amide bonds. The van der Waals surface area contributed by atoms with Crippen molar-refractivity contribution in [1.29, 1.82) is 0 Å². The maximum absolute atomic E-state index is 11.9. The SMILES string of the molecule is O=C1CNCC2(CC2)c2c(Cl)cccc21. The molecule has 0 radical (unpaired) electrons. The third-order valence-electron chi connectivity index (χ3n) is 3.45. The van der Waals surface area contributed by atoms with Gasteiger partial charge in [-0.2, -0.15) is 0 Å². The summed E-state index contributed by atoms with van der Waals surface area (Å²) in [5.41, 5.74) is 2.06. The monoisotopic (exact) mass is 221 g/mol. The van der Waals surface area contributed by atoms with Gasteiger partial charge in [0.15, 0.2) is 5.78 Å². The zero-order valence-corrected chi connectivity index (χ0v) is 9.10. The molecule has 1 spiro atoms. The summed E-state index contributed by atoms with van der Waals surface area (Å²) in [7, 11) is 0. The molecule has 2 aliphatic rings. The highest BCUT2D eigenvalue weighted by Gasteiger charge is 2.48. The number of hydrogen-bond donors (Lipinski definition) is 1. The fourth-order valence-corrected chi connectivity index (χ4v) is 2.85. The summed E-state index contributed by atoms with van der Waals surface area (Å²) < 4.78 is 0. The highest BCUT2D eigenvalue weighted by molar-refractivity contribution is 6.32. The number of hydrogen-bond acceptors (Lipinski definition) is 2. The molecule has 0 unspecified atom stereocenters. The second-order valence-electron chi connectivity index (χ2n) is 4.47. The zero-order valence-electron chi connectivity index (χ0n) is 8.35. The third-order valence-corrected chi connectivity index (χ3v) is 3.76. The predicted molar refractivity (Wildman–Crippen MR) is 59.6 cm³/mol. The largest absolute Gasteiger partial charge is 0.309 e. The highest BCUT2D eigenvalue weighted by atomic mass is 35.5. The normalized spacial score (nSPS) is 22.3. The number of ketones is 1. The summed E-state index contributed by atoms with van der Waals surface area (Å²) in [6.45, 7) is 1.32. The van der Waals surface area contributed by atoms with Gasteiger partial charge in [-0.3, -0.25) is 4.79 Å². The Labute approximate surface area is 93.6 Å². The van der Waals surface area contributed by atoms with E-state index in [1.165, 1.54) is 0 Å². The van der Waals surface area contributed by atoms with Crippen LogP contribution in [0, 0.1) is 0 Å². The molecule has 2 nitrogen and oxygen atoms in total. The van der Waals surface area contributed by atoms with Crippen LogP contribution in [0.2, 0.25) is 5.02 Å². The Bertz CT molecular complexity index is 437. The first-order valence-corrected chi connectivity index (χ1v) is 5.64. The molecule has 1 aromatic carbocycles. The van der Waals surface area contributed by atoms with Crippen molar-refractivity contribution in [1.82, 2.24) is 5.32 Å². The Morgan fingerprint density at radius 1 is 1.33 bits per heavy atom. The van der Waals surface area contributed by atoms with Crippen LogP contribution in [0.1, 0.15) is 28.8 Å². The van der Waals surface area contributed by atoms with Crippen LogP contribution in [0.25, 0.3) is 0 Å². The third kappa shape index (κ3) is 1.32. The van der Waals surface area contributed by atoms with E-state index in [2.05, 4.69) is 5.32 Å². The minimum absolute atomic E-state index is 0.153. The van der Waals surface area contributed by atoms with Crippen molar-refractivity contribution in [2.75, 3.05) is 13.1 Å². The van der Waals surface area contributed by atoms with Crippen LogP contribution in [0.5, 0.6) is 0 Å². The van der Waals surface area contributed by atoms with Gasteiger partial charge in [0, 0.05) is 22.5 Å². The first kappa shape index (κ1) is 9.37. The molecule has 0 saturated heterocycles. The van der Waals surface area contributed by atoms with Crippen molar-refractivity contribution < 1.29 is 4.79 Å². The molecule has 1 aromatic rings. The van der Waals surface area contributed by atoms with Crippen LogP contribution in [-0.4, -0.2) is 18.9 Å². The molecule has 15 heavy (non-hydrogen) atoms. The van der Waals surface area contributed by atoms with Gasteiger partial charge in [0.2, 0.25) is 0 Å². The van der Waals surface area contributed by atoms with Gasteiger partial charge in [-0.25, -0.2) is 0 Å². The molecule has 1 aliphatic heterocycles. The predicted octanol–water partition coefficient (Wildman–Crippen LogP) is 2.16. The molecule has 3 heteroatoms. The fourth-order valence-electron chi connectivity index (χ4n) is 2.47. The Hall–Kier alpha value is -0.860. The average Bonchev–Trinajstić information content (AvgIpc) is 2.99. The smallest absolute Gasteiger partial charge is 0.176 e. The number of fused-ring (bicyclic) bond motifs is 2. The van der Waals surface area contributed by atoms with Crippen LogP contribution >= 0.6 is 11.6 Å². The van der Waals surface area contributed by atoms with Crippen molar-refractivity contribution >= 4 is 17.4 Å². The number of rotatable bonds is 0. The molecule has 1 heterocycles. The maximum Gasteiger partial charge on any atom is 0.176 e. The molecule has 1 fully saturated rings.